The zero-order chi connectivity index (χ0) is 27.0. The summed E-state index contributed by atoms with van der Waals surface area (Å²) in [7, 11) is 0. The van der Waals surface area contributed by atoms with Gasteiger partial charge in [-0.25, -0.2) is 0 Å². The fourth-order valence-corrected chi connectivity index (χ4v) is 6.58. The molecule has 0 bridgehead atoms. The fraction of sp³-hybridized carbons (Fsp3) is 0.105. The lowest BCUT2D eigenvalue weighted by Gasteiger charge is -2.28. The van der Waals surface area contributed by atoms with Crippen LogP contribution in [-0.4, -0.2) is 0 Å². The van der Waals surface area contributed by atoms with Crippen molar-refractivity contribution in [3.8, 4) is 11.1 Å². The maximum atomic E-state index is 6.52. The molecule has 1 aromatic heterocycles. The van der Waals surface area contributed by atoms with Gasteiger partial charge in [-0.15, -0.1) is 0 Å². The van der Waals surface area contributed by atoms with Gasteiger partial charge in [0.15, 0.2) is 5.58 Å². The molecule has 6 aromatic carbocycles. The van der Waals surface area contributed by atoms with E-state index in [9.17, 15) is 0 Å². The first-order valence-electron chi connectivity index (χ1n) is 13.9. The Morgan fingerprint density at radius 3 is 2.08 bits per heavy atom. The molecule has 0 aliphatic heterocycles. The van der Waals surface area contributed by atoms with E-state index in [1.165, 1.54) is 38.6 Å². The molecule has 40 heavy (non-hydrogen) atoms. The molecule has 1 heterocycles. The Morgan fingerprint density at radius 1 is 0.575 bits per heavy atom. The number of anilines is 3. The van der Waals surface area contributed by atoms with Crippen molar-refractivity contribution in [1.29, 1.82) is 0 Å². The fourth-order valence-electron chi connectivity index (χ4n) is 6.58. The summed E-state index contributed by atoms with van der Waals surface area (Å²) in [6, 6.07) is 43.9. The van der Waals surface area contributed by atoms with Gasteiger partial charge in [-0.3, -0.25) is 0 Å². The normalized spacial score (nSPS) is 13.6. The lowest BCUT2D eigenvalue weighted by Crippen LogP contribution is -2.16. The first-order valence-corrected chi connectivity index (χ1v) is 13.9. The molecule has 1 aliphatic carbocycles. The van der Waals surface area contributed by atoms with E-state index in [1.807, 2.05) is 6.07 Å². The predicted molar refractivity (Wildman–Crippen MR) is 168 cm³/mol. The SMILES string of the molecule is Cc1ccc(N(c2ccc3c(c2)C(C)(C)c2cc4ccccc4cc2-3)c2cccc3c2oc2ccccc23)cc1. The molecule has 2 nitrogen and oxygen atoms in total. The van der Waals surface area contributed by atoms with E-state index in [2.05, 4.69) is 141 Å². The van der Waals surface area contributed by atoms with Gasteiger partial charge in [0.2, 0.25) is 0 Å². The van der Waals surface area contributed by atoms with Crippen LogP contribution in [0, 0.1) is 6.92 Å². The standard InChI is InChI=1S/C38H29NO/c1-24-15-17-27(18-16-24)39(35-13-8-12-31-30-11-6-7-14-36(30)40-37(31)35)28-19-20-29-32-21-25-9-4-5-10-26(25)22-33(32)38(2,3)34(29)23-28/h4-23H,1-3H3. The van der Waals surface area contributed by atoms with Gasteiger partial charge in [0, 0.05) is 27.6 Å². The van der Waals surface area contributed by atoms with E-state index in [0.29, 0.717) is 0 Å². The zero-order valence-corrected chi connectivity index (χ0v) is 22.9. The van der Waals surface area contributed by atoms with Crippen LogP contribution in [0.5, 0.6) is 0 Å². The molecule has 8 rings (SSSR count). The van der Waals surface area contributed by atoms with Crippen LogP contribution in [0.4, 0.5) is 17.1 Å². The van der Waals surface area contributed by atoms with E-state index < -0.39 is 0 Å². The number of para-hydroxylation sites is 2. The number of benzene rings is 6. The van der Waals surface area contributed by atoms with Crippen LogP contribution in [0.15, 0.2) is 126 Å². The predicted octanol–water partition coefficient (Wildman–Crippen LogP) is 10.8. The van der Waals surface area contributed by atoms with Crippen molar-refractivity contribution in [2.45, 2.75) is 26.2 Å². The Morgan fingerprint density at radius 2 is 1.25 bits per heavy atom. The molecule has 2 heteroatoms. The van der Waals surface area contributed by atoms with Crippen LogP contribution < -0.4 is 4.90 Å². The van der Waals surface area contributed by atoms with E-state index >= 15 is 0 Å². The number of fused-ring (bicyclic) bond motifs is 7. The Labute approximate surface area is 234 Å². The largest absolute Gasteiger partial charge is 0.454 e. The van der Waals surface area contributed by atoms with Crippen molar-refractivity contribution in [2.24, 2.45) is 0 Å². The van der Waals surface area contributed by atoms with Crippen LogP contribution in [0.1, 0.15) is 30.5 Å². The van der Waals surface area contributed by atoms with Gasteiger partial charge >= 0.3 is 0 Å². The topological polar surface area (TPSA) is 16.4 Å². The monoisotopic (exact) mass is 515 g/mol. The van der Waals surface area contributed by atoms with E-state index in [-0.39, 0.29) is 5.41 Å². The molecule has 7 aromatic rings. The van der Waals surface area contributed by atoms with Crippen LogP contribution in [0.2, 0.25) is 0 Å². The van der Waals surface area contributed by atoms with Gasteiger partial charge in [0.1, 0.15) is 5.58 Å². The van der Waals surface area contributed by atoms with Crippen molar-refractivity contribution >= 4 is 49.8 Å². The Balaban J connectivity index is 1.36. The minimum atomic E-state index is -0.116. The number of rotatable bonds is 3. The maximum Gasteiger partial charge on any atom is 0.159 e. The van der Waals surface area contributed by atoms with Crippen molar-refractivity contribution < 1.29 is 4.42 Å². The highest BCUT2D eigenvalue weighted by Gasteiger charge is 2.36. The van der Waals surface area contributed by atoms with Gasteiger partial charge < -0.3 is 9.32 Å². The lowest BCUT2D eigenvalue weighted by atomic mass is 9.81. The molecular weight excluding hydrogens is 486 g/mol. The minimum absolute atomic E-state index is 0.116. The highest BCUT2D eigenvalue weighted by atomic mass is 16.3. The van der Waals surface area contributed by atoms with Crippen molar-refractivity contribution in [2.75, 3.05) is 4.90 Å². The summed E-state index contributed by atoms with van der Waals surface area (Å²) >= 11 is 0. The number of aryl methyl sites for hydroxylation is 1. The Hall–Kier alpha value is -4.82. The number of nitrogens with zero attached hydrogens (tertiary/aromatic N) is 1. The smallest absolute Gasteiger partial charge is 0.159 e. The van der Waals surface area contributed by atoms with Crippen LogP contribution in [-0.2, 0) is 5.41 Å². The molecule has 0 N–H and O–H groups in total. The summed E-state index contributed by atoms with van der Waals surface area (Å²) in [5.41, 5.74) is 11.6. The maximum absolute atomic E-state index is 6.52. The van der Waals surface area contributed by atoms with E-state index in [0.717, 1.165) is 39.0 Å². The van der Waals surface area contributed by atoms with Crippen molar-refractivity contribution in [3.63, 3.8) is 0 Å². The molecule has 192 valence electrons. The first kappa shape index (κ1) is 23.1. The molecule has 0 saturated carbocycles. The van der Waals surface area contributed by atoms with Gasteiger partial charge in [-0.05, 0) is 88.5 Å². The van der Waals surface area contributed by atoms with Gasteiger partial charge in [-0.2, -0.15) is 0 Å². The molecule has 0 unspecified atom stereocenters. The quantitative estimate of drug-likeness (QED) is 0.233. The number of furan rings is 1. The average molecular weight is 516 g/mol. The highest BCUT2D eigenvalue weighted by Crippen LogP contribution is 2.52. The summed E-state index contributed by atoms with van der Waals surface area (Å²) in [6.45, 7) is 6.84. The number of hydrogen-bond donors (Lipinski definition) is 0. The third-order valence-corrected chi connectivity index (χ3v) is 8.70. The molecule has 0 radical (unpaired) electrons. The number of hydrogen-bond acceptors (Lipinski definition) is 2. The average Bonchev–Trinajstić information content (AvgIpc) is 3.46. The zero-order valence-electron chi connectivity index (χ0n) is 22.9. The minimum Gasteiger partial charge on any atom is -0.454 e. The van der Waals surface area contributed by atoms with Gasteiger partial charge in [0.05, 0.1) is 5.69 Å². The Kier molecular flexibility index (Phi) is 4.82. The van der Waals surface area contributed by atoms with E-state index in [1.54, 1.807) is 0 Å². The van der Waals surface area contributed by atoms with Gasteiger partial charge in [-0.1, -0.05) is 92.2 Å². The second-order valence-corrected chi connectivity index (χ2v) is 11.5. The second-order valence-electron chi connectivity index (χ2n) is 11.5. The summed E-state index contributed by atoms with van der Waals surface area (Å²) < 4.78 is 6.52. The second kappa shape index (κ2) is 8.34. The van der Waals surface area contributed by atoms with Crippen LogP contribution >= 0.6 is 0 Å². The summed E-state index contributed by atoms with van der Waals surface area (Å²) in [6.07, 6.45) is 0. The Bertz CT molecular complexity index is 2100. The summed E-state index contributed by atoms with van der Waals surface area (Å²) in [4.78, 5) is 2.35. The third kappa shape index (κ3) is 3.29. The molecule has 0 fully saturated rings. The van der Waals surface area contributed by atoms with Crippen LogP contribution in [0.25, 0.3) is 43.8 Å². The lowest BCUT2D eigenvalue weighted by molar-refractivity contribution is 0.661. The molecule has 0 amide bonds. The molecule has 0 atom stereocenters. The van der Waals surface area contributed by atoms with Crippen molar-refractivity contribution in [1.82, 2.24) is 0 Å². The third-order valence-electron chi connectivity index (χ3n) is 8.70. The van der Waals surface area contributed by atoms with Crippen LogP contribution in [0.3, 0.4) is 0 Å². The molecule has 0 saturated heterocycles. The molecule has 0 spiro atoms. The summed E-state index contributed by atoms with van der Waals surface area (Å²) in [5, 5.41) is 4.85. The van der Waals surface area contributed by atoms with Gasteiger partial charge in [0.25, 0.3) is 0 Å². The summed E-state index contributed by atoms with van der Waals surface area (Å²) in [5.74, 6) is 0. The molecule has 1 aliphatic rings. The highest BCUT2D eigenvalue weighted by molar-refractivity contribution is 6.10. The first-order chi connectivity index (χ1) is 19.5. The molecular formula is C38H29NO. The van der Waals surface area contributed by atoms with Crippen molar-refractivity contribution in [3.05, 3.63) is 138 Å². The van der Waals surface area contributed by atoms with E-state index in [4.69, 9.17) is 4.42 Å².